The summed E-state index contributed by atoms with van der Waals surface area (Å²) in [7, 11) is 0. The van der Waals surface area contributed by atoms with Gasteiger partial charge in [-0.05, 0) is 49.1 Å². The highest BCUT2D eigenvalue weighted by Gasteiger charge is 2.23. The van der Waals surface area contributed by atoms with Crippen LogP contribution < -0.4 is 5.32 Å². The minimum atomic E-state index is -0.524. The number of fused-ring (bicyclic) bond motifs is 1. The second-order valence-electron chi connectivity index (χ2n) is 6.55. The number of halogens is 1. The molecule has 3 rings (SSSR count). The predicted molar refractivity (Wildman–Crippen MR) is 96.6 cm³/mol. The van der Waals surface area contributed by atoms with Crippen molar-refractivity contribution in [2.75, 3.05) is 6.61 Å². The molecule has 0 radical (unpaired) electrons. The van der Waals surface area contributed by atoms with Gasteiger partial charge in [0.15, 0.2) is 6.61 Å². The molecule has 0 saturated heterocycles. The molecule has 1 saturated carbocycles. The van der Waals surface area contributed by atoms with E-state index in [2.05, 4.69) is 17.2 Å². The summed E-state index contributed by atoms with van der Waals surface area (Å²) in [6.45, 7) is 1.88. The number of esters is 1. The highest BCUT2D eigenvalue weighted by Crippen LogP contribution is 2.23. The Hall–Kier alpha value is -2.14. The molecule has 2 unspecified atom stereocenters. The number of ether oxygens (including phenoxy) is 1. The number of amides is 1. The topological polar surface area (TPSA) is 68.3 Å². The van der Waals surface area contributed by atoms with Crippen LogP contribution in [0.5, 0.6) is 0 Å². The lowest BCUT2D eigenvalue weighted by Gasteiger charge is -2.29. The number of carbonyl (C=O) groups is 2. The first-order valence-corrected chi connectivity index (χ1v) is 8.93. The van der Waals surface area contributed by atoms with E-state index in [1.807, 2.05) is 0 Å². The zero-order valence-electron chi connectivity index (χ0n) is 14.1. The molecular weight excluding hydrogens is 340 g/mol. The van der Waals surface area contributed by atoms with Crippen LogP contribution in [0.4, 0.5) is 0 Å². The van der Waals surface area contributed by atoms with Crippen LogP contribution in [-0.2, 0) is 9.53 Å². The number of pyridine rings is 1. The average Bonchev–Trinajstić information content (AvgIpc) is 2.61. The number of nitrogens with zero attached hydrogens (tertiary/aromatic N) is 1. The van der Waals surface area contributed by atoms with Gasteiger partial charge in [-0.1, -0.05) is 31.4 Å². The average molecular weight is 361 g/mol. The Morgan fingerprint density at radius 1 is 1.24 bits per heavy atom. The van der Waals surface area contributed by atoms with Gasteiger partial charge in [0.1, 0.15) is 5.15 Å². The maximum atomic E-state index is 12.2. The molecule has 0 aliphatic heterocycles. The van der Waals surface area contributed by atoms with E-state index in [4.69, 9.17) is 16.3 Å². The van der Waals surface area contributed by atoms with E-state index in [0.29, 0.717) is 22.2 Å². The third-order valence-electron chi connectivity index (χ3n) is 4.68. The minimum absolute atomic E-state index is 0.177. The Labute approximate surface area is 151 Å². The molecule has 5 nitrogen and oxygen atoms in total. The summed E-state index contributed by atoms with van der Waals surface area (Å²) in [6, 6.07) is 8.64. The zero-order chi connectivity index (χ0) is 17.8. The second-order valence-corrected chi connectivity index (χ2v) is 6.94. The molecule has 6 heteroatoms. The van der Waals surface area contributed by atoms with Crippen LogP contribution in [0.25, 0.3) is 10.9 Å². The summed E-state index contributed by atoms with van der Waals surface area (Å²) in [5, 5.41) is 4.16. The van der Waals surface area contributed by atoms with Gasteiger partial charge in [-0.25, -0.2) is 9.78 Å². The lowest BCUT2D eigenvalue weighted by Crippen LogP contribution is -2.42. The molecular formula is C19H21ClN2O3. The van der Waals surface area contributed by atoms with Crippen LogP contribution in [0.1, 0.15) is 43.0 Å². The second kappa shape index (κ2) is 7.83. The Kier molecular flexibility index (Phi) is 5.53. The van der Waals surface area contributed by atoms with Crippen molar-refractivity contribution in [2.45, 2.75) is 38.6 Å². The van der Waals surface area contributed by atoms with Crippen LogP contribution in [0.15, 0.2) is 30.3 Å². The van der Waals surface area contributed by atoms with Crippen molar-refractivity contribution < 1.29 is 14.3 Å². The van der Waals surface area contributed by atoms with E-state index >= 15 is 0 Å². The fourth-order valence-corrected chi connectivity index (χ4v) is 3.38. The first-order chi connectivity index (χ1) is 12.0. The van der Waals surface area contributed by atoms with Gasteiger partial charge in [0.2, 0.25) is 0 Å². The predicted octanol–water partition coefficient (Wildman–Crippen LogP) is 3.74. The molecule has 1 heterocycles. The molecule has 25 heavy (non-hydrogen) atoms. The molecule has 2 atom stereocenters. The fourth-order valence-electron chi connectivity index (χ4n) is 3.22. The van der Waals surface area contributed by atoms with Crippen molar-refractivity contribution in [1.29, 1.82) is 0 Å². The van der Waals surface area contributed by atoms with Crippen molar-refractivity contribution in [3.63, 3.8) is 0 Å². The summed E-state index contributed by atoms with van der Waals surface area (Å²) in [4.78, 5) is 28.4. The maximum absolute atomic E-state index is 12.2. The van der Waals surface area contributed by atoms with Crippen molar-refractivity contribution in [2.24, 2.45) is 5.92 Å². The van der Waals surface area contributed by atoms with Crippen LogP contribution in [0, 0.1) is 5.92 Å². The molecule has 1 aromatic heterocycles. The van der Waals surface area contributed by atoms with Gasteiger partial charge in [0.05, 0.1) is 11.1 Å². The summed E-state index contributed by atoms with van der Waals surface area (Å²) < 4.78 is 5.14. The molecule has 0 bridgehead atoms. The summed E-state index contributed by atoms with van der Waals surface area (Å²) in [5.41, 5.74) is 1.09. The number of nitrogens with one attached hydrogen (secondary N) is 1. The normalized spacial score (nSPS) is 20.2. The van der Waals surface area contributed by atoms with Crippen LogP contribution in [0.2, 0.25) is 5.15 Å². The van der Waals surface area contributed by atoms with Gasteiger partial charge in [0.25, 0.3) is 5.91 Å². The van der Waals surface area contributed by atoms with Crippen LogP contribution in [-0.4, -0.2) is 29.5 Å². The first kappa shape index (κ1) is 17.7. The summed E-state index contributed by atoms with van der Waals surface area (Å²) in [5.74, 6) is -0.307. The van der Waals surface area contributed by atoms with Crippen molar-refractivity contribution in [3.05, 3.63) is 41.0 Å². The van der Waals surface area contributed by atoms with Crippen molar-refractivity contribution >= 4 is 34.4 Å². The first-order valence-electron chi connectivity index (χ1n) is 8.56. The highest BCUT2D eigenvalue weighted by molar-refractivity contribution is 6.29. The molecule has 0 spiro atoms. The van der Waals surface area contributed by atoms with Crippen molar-refractivity contribution in [1.82, 2.24) is 10.3 Å². The van der Waals surface area contributed by atoms with Gasteiger partial charge in [-0.2, -0.15) is 0 Å². The number of benzene rings is 1. The molecule has 1 N–H and O–H groups in total. The van der Waals surface area contributed by atoms with Crippen LogP contribution >= 0.6 is 11.6 Å². The van der Waals surface area contributed by atoms with Gasteiger partial charge >= 0.3 is 5.97 Å². The largest absolute Gasteiger partial charge is 0.452 e. The van der Waals surface area contributed by atoms with Gasteiger partial charge < -0.3 is 10.1 Å². The smallest absolute Gasteiger partial charge is 0.338 e. The third-order valence-corrected chi connectivity index (χ3v) is 4.89. The van der Waals surface area contributed by atoms with Gasteiger partial charge in [-0.3, -0.25) is 4.79 Å². The Balaban J connectivity index is 1.56. The summed E-state index contributed by atoms with van der Waals surface area (Å²) in [6.07, 6.45) is 4.45. The Morgan fingerprint density at radius 2 is 2.04 bits per heavy atom. The van der Waals surface area contributed by atoms with Crippen molar-refractivity contribution in [3.8, 4) is 0 Å². The van der Waals surface area contributed by atoms with E-state index in [9.17, 15) is 9.59 Å². The molecule has 132 valence electrons. The Morgan fingerprint density at radius 3 is 2.84 bits per heavy atom. The third kappa shape index (κ3) is 4.48. The van der Waals surface area contributed by atoms with E-state index in [1.165, 1.54) is 6.42 Å². The lowest BCUT2D eigenvalue weighted by atomic mass is 9.86. The van der Waals surface area contributed by atoms with Crippen LogP contribution in [0.3, 0.4) is 0 Å². The number of aromatic nitrogens is 1. The monoisotopic (exact) mass is 360 g/mol. The van der Waals surface area contributed by atoms with E-state index in [1.54, 1.807) is 30.3 Å². The Bertz CT molecular complexity index is 793. The SMILES string of the molecule is CC1CCCCC1NC(=O)COC(=O)c1ccc2nc(Cl)ccc2c1. The number of hydrogen-bond acceptors (Lipinski definition) is 4. The number of hydrogen-bond donors (Lipinski definition) is 1. The molecule has 1 amide bonds. The van der Waals surface area contributed by atoms with E-state index in [-0.39, 0.29) is 18.6 Å². The molecule has 1 aliphatic carbocycles. The van der Waals surface area contributed by atoms with Gasteiger partial charge in [-0.15, -0.1) is 0 Å². The number of carbonyl (C=O) groups excluding carboxylic acids is 2. The molecule has 2 aromatic rings. The van der Waals surface area contributed by atoms with E-state index in [0.717, 1.165) is 24.6 Å². The lowest BCUT2D eigenvalue weighted by molar-refractivity contribution is -0.125. The molecule has 1 aromatic carbocycles. The molecule has 1 aliphatic rings. The standard InChI is InChI=1S/C19H21ClN2O3/c1-12-4-2-3-5-15(12)22-18(23)11-25-19(24)14-6-8-16-13(10-14)7-9-17(20)21-16/h6-10,12,15H,2-5,11H2,1H3,(H,22,23). The zero-order valence-corrected chi connectivity index (χ0v) is 14.9. The molecule has 1 fully saturated rings. The minimum Gasteiger partial charge on any atom is -0.452 e. The maximum Gasteiger partial charge on any atom is 0.338 e. The number of rotatable bonds is 4. The highest BCUT2D eigenvalue weighted by atomic mass is 35.5. The summed E-state index contributed by atoms with van der Waals surface area (Å²) >= 11 is 5.85. The van der Waals surface area contributed by atoms with Gasteiger partial charge in [0, 0.05) is 11.4 Å². The van der Waals surface area contributed by atoms with E-state index < -0.39 is 5.97 Å². The fraction of sp³-hybridized carbons (Fsp3) is 0.421. The quantitative estimate of drug-likeness (QED) is 0.666.